The van der Waals surface area contributed by atoms with Gasteiger partial charge in [-0.2, -0.15) is 0 Å². The molecule has 4 nitrogen and oxygen atoms in total. The summed E-state index contributed by atoms with van der Waals surface area (Å²) in [5, 5.41) is 9.28. The number of hydrogen-bond donors (Lipinski definition) is 1. The first kappa shape index (κ1) is 15.4. The highest BCUT2D eigenvalue weighted by atomic mass is 16.3. The SMILES string of the molecule is CC(C)C(CO)C(=O)N(C)CCC1CCN(C)C1. The molecule has 2 atom stereocenters. The van der Waals surface area contributed by atoms with Gasteiger partial charge >= 0.3 is 0 Å². The van der Waals surface area contributed by atoms with Gasteiger partial charge in [0.1, 0.15) is 0 Å². The van der Waals surface area contributed by atoms with E-state index in [4.69, 9.17) is 0 Å². The highest BCUT2D eigenvalue weighted by Gasteiger charge is 2.25. The molecule has 0 aromatic carbocycles. The lowest BCUT2D eigenvalue weighted by Crippen LogP contribution is -2.38. The van der Waals surface area contributed by atoms with E-state index in [2.05, 4.69) is 11.9 Å². The molecule has 0 radical (unpaired) electrons. The summed E-state index contributed by atoms with van der Waals surface area (Å²) >= 11 is 0. The zero-order valence-corrected chi connectivity index (χ0v) is 12.2. The standard InChI is InChI=1S/C14H28N2O2/c1-11(2)13(10-17)14(18)16(4)8-6-12-5-7-15(3)9-12/h11-13,17H,5-10H2,1-4H3. The lowest BCUT2D eigenvalue weighted by molar-refractivity contribution is -0.137. The number of carbonyl (C=O) groups excluding carboxylic acids is 1. The van der Waals surface area contributed by atoms with Crippen LogP contribution in [-0.4, -0.2) is 61.2 Å². The molecule has 0 saturated carbocycles. The van der Waals surface area contributed by atoms with Crippen molar-refractivity contribution < 1.29 is 9.90 Å². The van der Waals surface area contributed by atoms with Crippen LogP contribution >= 0.6 is 0 Å². The molecule has 1 aliphatic rings. The van der Waals surface area contributed by atoms with E-state index in [0.717, 1.165) is 25.4 Å². The summed E-state index contributed by atoms with van der Waals surface area (Å²) in [6, 6.07) is 0. The summed E-state index contributed by atoms with van der Waals surface area (Å²) < 4.78 is 0. The summed E-state index contributed by atoms with van der Waals surface area (Å²) in [6.45, 7) is 7.05. The zero-order valence-electron chi connectivity index (χ0n) is 12.2. The Balaban J connectivity index is 2.35. The molecule has 0 aliphatic carbocycles. The highest BCUT2D eigenvalue weighted by Crippen LogP contribution is 2.19. The molecule has 2 unspecified atom stereocenters. The topological polar surface area (TPSA) is 43.8 Å². The van der Waals surface area contributed by atoms with E-state index in [1.807, 2.05) is 20.9 Å². The van der Waals surface area contributed by atoms with Crippen molar-refractivity contribution in [3.63, 3.8) is 0 Å². The van der Waals surface area contributed by atoms with Crippen LogP contribution in [0.4, 0.5) is 0 Å². The Bertz CT molecular complexity index is 269. The van der Waals surface area contributed by atoms with Crippen molar-refractivity contribution in [1.29, 1.82) is 0 Å². The molecule has 1 aliphatic heterocycles. The molecule has 0 bridgehead atoms. The van der Waals surface area contributed by atoms with E-state index in [0.29, 0.717) is 0 Å². The average molecular weight is 256 g/mol. The summed E-state index contributed by atoms with van der Waals surface area (Å²) in [7, 11) is 4.00. The molecule has 1 N–H and O–H groups in total. The van der Waals surface area contributed by atoms with Gasteiger partial charge in [0, 0.05) is 20.1 Å². The largest absolute Gasteiger partial charge is 0.396 e. The van der Waals surface area contributed by atoms with Gasteiger partial charge in [-0.1, -0.05) is 13.8 Å². The molecular formula is C14H28N2O2. The van der Waals surface area contributed by atoms with Crippen molar-refractivity contribution in [3.8, 4) is 0 Å². The summed E-state index contributed by atoms with van der Waals surface area (Å²) in [5.41, 5.74) is 0. The third kappa shape index (κ3) is 4.25. The third-order valence-corrected chi connectivity index (χ3v) is 4.06. The Morgan fingerprint density at radius 2 is 2.17 bits per heavy atom. The summed E-state index contributed by atoms with van der Waals surface area (Å²) in [5.74, 6) is 0.750. The fraction of sp³-hybridized carbons (Fsp3) is 0.929. The molecule has 1 fully saturated rings. The van der Waals surface area contributed by atoms with Crippen molar-refractivity contribution in [2.45, 2.75) is 26.7 Å². The second kappa shape index (κ2) is 7.10. The van der Waals surface area contributed by atoms with Crippen LogP contribution in [0.1, 0.15) is 26.7 Å². The van der Waals surface area contributed by atoms with Crippen LogP contribution in [0.5, 0.6) is 0 Å². The maximum Gasteiger partial charge on any atom is 0.228 e. The van der Waals surface area contributed by atoms with Crippen LogP contribution in [0, 0.1) is 17.8 Å². The van der Waals surface area contributed by atoms with Crippen molar-refractivity contribution in [2.24, 2.45) is 17.8 Å². The van der Waals surface area contributed by atoms with E-state index in [9.17, 15) is 9.90 Å². The molecule has 18 heavy (non-hydrogen) atoms. The van der Waals surface area contributed by atoms with Crippen molar-refractivity contribution in [3.05, 3.63) is 0 Å². The molecular weight excluding hydrogens is 228 g/mol. The van der Waals surface area contributed by atoms with Gasteiger partial charge in [-0.05, 0) is 38.3 Å². The van der Waals surface area contributed by atoms with Crippen LogP contribution in [0.25, 0.3) is 0 Å². The van der Waals surface area contributed by atoms with Gasteiger partial charge in [-0.3, -0.25) is 4.79 Å². The maximum absolute atomic E-state index is 12.1. The van der Waals surface area contributed by atoms with E-state index >= 15 is 0 Å². The van der Waals surface area contributed by atoms with Gasteiger partial charge in [-0.25, -0.2) is 0 Å². The second-order valence-corrected chi connectivity index (χ2v) is 6.00. The summed E-state index contributed by atoms with van der Waals surface area (Å²) in [6.07, 6.45) is 2.31. The number of likely N-dealkylation sites (tertiary alicyclic amines) is 1. The van der Waals surface area contributed by atoms with Gasteiger partial charge in [0.05, 0.1) is 12.5 Å². The molecule has 1 saturated heterocycles. The number of aliphatic hydroxyl groups is 1. The number of rotatable bonds is 6. The minimum Gasteiger partial charge on any atom is -0.396 e. The summed E-state index contributed by atoms with van der Waals surface area (Å²) in [4.78, 5) is 16.3. The average Bonchev–Trinajstić information content (AvgIpc) is 2.72. The first-order valence-corrected chi connectivity index (χ1v) is 7.00. The molecule has 106 valence electrons. The van der Waals surface area contributed by atoms with E-state index < -0.39 is 0 Å². The number of nitrogens with zero attached hydrogens (tertiary/aromatic N) is 2. The minimum atomic E-state index is -0.249. The predicted octanol–water partition coefficient (Wildman–Crippen LogP) is 1.05. The van der Waals surface area contributed by atoms with Crippen LogP contribution in [-0.2, 0) is 4.79 Å². The van der Waals surface area contributed by atoms with Crippen LogP contribution in [0.3, 0.4) is 0 Å². The lowest BCUT2D eigenvalue weighted by atomic mass is 9.95. The number of hydrogen-bond acceptors (Lipinski definition) is 3. The minimum absolute atomic E-state index is 0.0486. The Labute approximate surface area is 111 Å². The number of carbonyl (C=O) groups is 1. The van der Waals surface area contributed by atoms with Crippen LogP contribution < -0.4 is 0 Å². The normalized spacial score (nSPS) is 22.4. The monoisotopic (exact) mass is 256 g/mol. The Kier molecular flexibility index (Phi) is 6.09. The first-order valence-electron chi connectivity index (χ1n) is 7.00. The zero-order chi connectivity index (χ0) is 13.7. The molecule has 0 spiro atoms. The molecule has 0 aromatic heterocycles. The molecule has 1 rings (SSSR count). The van der Waals surface area contributed by atoms with Crippen molar-refractivity contribution >= 4 is 5.91 Å². The van der Waals surface area contributed by atoms with Gasteiger partial charge in [0.2, 0.25) is 5.91 Å². The fourth-order valence-corrected chi connectivity index (χ4v) is 2.61. The number of amides is 1. The first-order chi connectivity index (χ1) is 8.45. The molecule has 1 amide bonds. The predicted molar refractivity (Wildman–Crippen MR) is 73.3 cm³/mol. The molecule has 1 heterocycles. The third-order valence-electron chi connectivity index (χ3n) is 4.06. The highest BCUT2D eigenvalue weighted by molar-refractivity contribution is 5.78. The lowest BCUT2D eigenvalue weighted by Gasteiger charge is -2.25. The van der Waals surface area contributed by atoms with E-state index in [1.54, 1.807) is 4.90 Å². The fourth-order valence-electron chi connectivity index (χ4n) is 2.61. The van der Waals surface area contributed by atoms with Gasteiger partial charge < -0.3 is 14.9 Å². The Morgan fingerprint density at radius 3 is 2.61 bits per heavy atom. The second-order valence-electron chi connectivity index (χ2n) is 6.00. The Morgan fingerprint density at radius 1 is 1.50 bits per heavy atom. The quantitative estimate of drug-likeness (QED) is 0.772. The maximum atomic E-state index is 12.1. The smallest absolute Gasteiger partial charge is 0.228 e. The van der Waals surface area contributed by atoms with Crippen molar-refractivity contribution in [2.75, 3.05) is 40.3 Å². The Hall–Kier alpha value is -0.610. The molecule has 4 heteroatoms. The number of aliphatic hydroxyl groups excluding tert-OH is 1. The van der Waals surface area contributed by atoms with E-state index in [-0.39, 0.29) is 24.3 Å². The van der Waals surface area contributed by atoms with Crippen LogP contribution in [0.2, 0.25) is 0 Å². The molecule has 0 aromatic rings. The van der Waals surface area contributed by atoms with Crippen molar-refractivity contribution in [1.82, 2.24) is 9.80 Å². The van der Waals surface area contributed by atoms with E-state index in [1.165, 1.54) is 13.0 Å². The van der Waals surface area contributed by atoms with Gasteiger partial charge in [-0.15, -0.1) is 0 Å². The van der Waals surface area contributed by atoms with Gasteiger partial charge in [0.15, 0.2) is 0 Å². The van der Waals surface area contributed by atoms with Gasteiger partial charge in [0.25, 0.3) is 0 Å². The van der Waals surface area contributed by atoms with Crippen LogP contribution in [0.15, 0.2) is 0 Å².